The van der Waals surface area contributed by atoms with Gasteiger partial charge in [0.05, 0.1) is 28.4 Å². The minimum atomic E-state index is 0.571. The van der Waals surface area contributed by atoms with E-state index in [1.54, 1.807) is 0 Å². The van der Waals surface area contributed by atoms with Crippen molar-refractivity contribution in [1.82, 2.24) is 24.1 Å². The molecule has 3 heterocycles. The van der Waals surface area contributed by atoms with E-state index in [1.807, 2.05) is 30.7 Å². The molecule has 0 N–H and O–H groups in total. The van der Waals surface area contributed by atoms with E-state index in [-0.39, 0.29) is 0 Å². The normalized spacial score (nSPS) is 13.5. The van der Waals surface area contributed by atoms with Crippen LogP contribution >= 0.6 is 0 Å². The van der Waals surface area contributed by atoms with E-state index in [1.165, 1.54) is 28.6 Å². The van der Waals surface area contributed by atoms with Crippen LogP contribution in [0.1, 0.15) is 51.7 Å². The Hall–Kier alpha value is -3.47. The van der Waals surface area contributed by atoms with Crippen molar-refractivity contribution in [2.75, 3.05) is 0 Å². The summed E-state index contributed by atoms with van der Waals surface area (Å²) in [6.45, 7) is 11.0. The fraction of sp³-hybridized carbons (Fsp3) is 0.367. The lowest BCUT2D eigenvalue weighted by molar-refractivity contribution is 0.476. The van der Waals surface area contributed by atoms with Crippen molar-refractivity contribution in [2.45, 2.75) is 60.0 Å². The molecule has 0 fully saturated rings. The Morgan fingerprint density at radius 2 is 1.49 bits per heavy atom. The highest BCUT2D eigenvalue weighted by Gasteiger charge is 2.16. The predicted octanol–water partition coefficient (Wildman–Crippen LogP) is 7.13. The number of nitrogens with zero attached hydrogens (tertiary/aromatic N) is 5. The SMILES string of the molecule is CC[C@H](C)Cn1cnc2cc(Cc3ccc4c(c3)nc(-c3ccccn3)n4C[C@@H](C)CC)ccc21. The lowest BCUT2D eigenvalue weighted by Gasteiger charge is -2.13. The average molecular weight is 466 g/mol. The molecule has 5 rings (SSSR count). The molecular formula is C30H35N5. The van der Waals surface area contributed by atoms with Crippen LogP contribution in [0.5, 0.6) is 0 Å². The van der Waals surface area contributed by atoms with Gasteiger partial charge in [-0.1, -0.05) is 58.7 Å². The summed E-state index contributed by atoms with van der Waals surface area (Å²) < 4.78 is 4.62. The van der Waals surface area contributed by atoms with Crippen LogP contribution in [0.4, 0.5) is 0 Å². The second-order valence-electron chi connectivity index (χ2n) is 10.0. The van der Waals surface area contributed by atoms with Gasteiger partial charge in [-0.15, -0.1) is 0 Å². The van der Waals surface area contributed by atoms with Crippen LogP contribution in [0.25, 0.3) is 33.6 Å². The number of fused-ring (bicyclic) bond motifs is 2. The molecule has 0 saturated heterocycles. The molecule has 5 nitrogen and oxygen atoms in total. The minimum absolute atomic E-state index is 0.571. The first-order chi connectivity index (χ1) is 17.1. The van der Waals surface area contributed by atoms with Gasteiger partial charge in [-0.05, 0) is 65.8 Å². The number of imidazole rings is 2. The van der Waals surface area contributed by atoms with Crippen LogP contribution in [0.15, 0.2) is 67.1 Å². The van der Waals surface area contributed by atoms with Gasteiger partial charge in [0.25, 0.3) is 0 Å². The molecule has 0 bridgehead atoms. The zero-order chi connectivity index (χ0) is 24.4. The van der Waals surface area contributed by atoms with Gasteiger partial charge in [0.1, 0.15) is 5.69 Å². The summed E-state index contributed by atoms with van der Waals surface area (Å²) >= 11 is 0. The summed E-state index contributed by atoms with van der Waals surface area (Å²) in [5, 5.41) is 0. The second kappa shape index (κ2) is 10.0. The first-order valence-electron chi connectivity index (χ1n) is 12.9. The van der Waals surface area contributed by atoms with Gasteiger partial charge >= 0.3 is 0 Å². The van der Waals surface area contributed by atoms with Gasteiger partial charge in [-0.25, -0.2) is 9.97 Å². The Labute approximate surface area is 207 Å². The zero-order valence-corrected chi connectivity index (χ0v) is 21.3. The highest BCUT2D eigenvalue weighted by Crippen LogP contribution is 2.27. The van der Waals surface area contributed by atoms with Gasteiger partial charge in [-0.2, -0.15) is 0 Å². The molecule has 5 heteroatoms. The van der Waals surface area contributed by atoms with Gasteiger partial charge in [0.2, 0.25) is 0 Å². The Bertz CT molecular complexity index is 1430. The number of benzene rings is 2. The third-order valence-electron chi connectivity index (χ3n) is 7.20. The van der Waals surface area contributed by atoms with E-state index in [4.69, 9.17) is 4.98 Å². The molecule has 0 aliphatic rings. The van der Waals surface area contributed by atoms with E-state index in [0.717, 1.165) is 48.5 Å². The molecule has 5 aromatic rings. The summed E-state index contributed by atoms with van der Waals surface area (Å²) in [6, 6.07) is 19.4. The molecule has 2 aromatic carbocycles. The lowest BCUT2D eigenvalue weighted by atomic mass is 10.0. The predicted molar refractivity (Wildman–Crippen MR) is 144 cm³/mol. The highest BCUT2D eigenvalue weighted by molar-refractivity contribution is 5.81. The molecule has 35 heavy (non-hydrogen) atoms. The van der Waals surface area contributed by atoms with E-state index >= 15 is 0 Å². The summed E-state index contributed by atoms with van der Waals surface area (Å²) in [5.41, 5.74) is 7.95. The molecule has 0 saturated carbocycles. The summed E-state index contributed by atoms with van der Waals surface area (Å²) in [6.07, 6.45) is 7.00. The Morgan fingerprint density at radius 1 is 0.771 bits per heavy atom. The van der Waals surface area contributed by atoms with Crippen LogP contribution in [0.3, 0.4) is 0 Å². The molecule has 0 spiro atoms. The Kier molecular flexibility index (Phi) is 6.67. The van der Waals surface area contributed by atoms with Crippen molar-refractivity contribution < 1.29 is 0 Å². The van der Waals surface area contributed by atoms with E-state index in [9.17, 15) is 0 Å². The van der Waals surface area contributed by atoms with E-state index in [0.29, 0.717) is 11.8 Å². The van der Waals surface area contributed by atoms with Crippen molar-refractivity contribution >= 4 is 22.1 Å². The molecule has 180 valence electrons. The summed E-state index contributed by atoms with van der Waals surface area (Å²) in [4.78, 5) is 14.3. The van der Waals surface area contributed by atoms with Gasteiger partial charge in [0, 0.05) is 19.3 Å². The van der Waals surface area contributed by atoms with E-state index < -0.39 is 0 Å². The first kappa shape index (κ1) is 23.3. The summed E-state index contributed by atoms with van der Waals surface area (Å²) in [5.74, 6) is 2.17. The number of hydrogen-bond donors (Lipinski definition) is 0. The smallest absolute Gasteiger partial charge is 0.159 e. The molecule has 2 atom stereocenters. The lowest BCUT2D eigenvalue weighted by Crippen LogP contribution is -2.08. The average Bonchev–Trinajstić information content (AvgIpc) is 3.45. The quantitative estimate of drug-likeness (QED) is 0.233. The molecule has 0 amide bonds. The maximum Gasteiger partial charge on any atom is 0.159 e. The third-order valence-corrected chi connectivity index (χ3v) is 7.20. The van der Waals surface area contributed by atoms with Crippen LogP contribution in [0.2, 0.25) is 0 Å². The highest BCUT2D eigenvalue weighted by atomic mass is 15.1. The Morgan fingerprint density at radius 3 is 2.20 bits per heavy atom. The van der Waals surface area contributed by atoms with Gasteiger partial charge in [0.15, 0.2) is 5.82 Å². The largest absolute Gasteiger partial charge is 0.330 e. The molecule has 0 unspecified atom stereocenters. The van der Waals surface area contributed by atoms with E-state index in [2.05, 4.69) is 83.2 Å². The van der Waals surface area contributed by atoms with Crippen LogP contribution in [0, 0.1) is 11.8 Å². The standard InChI is InChI=1S/C30H35N5/c1-5-21(3)18-34-20-32-26-16-23(10-12-28(26)34)15-24-11-13-29-27(17-24)33-30(25-9-7-8-14-31-25)35(29)19-22(4)6-2/h7-14,16-17,20-22H,5-6,15,18-19H2,1-4H3/t21-,22-/m0/s1. The van der Waals surface area contributed by atoms with Crippen molar-refractivity contribution in [3.05, 3.63) is 78.2 Å². The van der Waals surface area contributed by atoms with Gasteiger partial charge < -0.3 is 9.13 Å². The monoisotopic (exact) mass is 465 g/mol. The van der Waals surface area contributed by atoms with Crippen molar-refractivity contribution in [1.29, 1.82) is 0 Å². The second-order valence-corrected chi connectivity index (χ2v) is 10.0. The molecule has 3 aromatic heterocycles. The number of aromatic nitrogens is 5. The van der Waals surface area contributed by atoms with Crippen molar-refractivity contribution in [2.24, 2.45) is 11.8 Å². The third kappa shape index (κ3) is 4.86. The number of pyridine rings is 1. The molecular weight excluding hydrogens is 430 g/mol. The fourth-order valence-corrected chi connectivity index (χ4v) is 4.67. The maximum atomic E-state index is 5.05. The number of rotatable bonds is 9. The first-order valence-corrected chi connectivity index (χ1v) is 12.9. The molecule has 0 aliphatic heterocycles. The molecule has 0 radical (unpaired) electrons. The minimum Gasteiger partial charge on any atom is -0.330 e. The Balaban J connectivity index is 1.46. The van der Waals surface area contributed by atoms with Crippen molar-refractivity contribution in [3.8, 4) is 11.5 Å². The van der Waals surface area contributed by atoms with Crippen LogP contribution in [-0.2, 0) is 19.5 Å². The van der Waals surface area contributed by atoms with Crippen molar-refractivity contribution in [3.63, 3.8) is 0 Å². The maximum absolute atomic E-state index is 5.05. The summed E-state index contributed by atoms with van der Waals surface area (Å²) in [7, 11) is 0. The zero-order valence-electron chi connectivity index (χ0n) is 21.3. The van der Waals surface area contributed by atoms with Gasteiger partial charge in [-0.3, -0.25) is 4.98 Å². The number of hydrogen-bond acceptors (Lipinski definition) is 3. The topological polar surface area (TPSA) is 48.5 Å². The van der Waals surface area contributed by atoms with Crippen LogP contribution in [-0.4, -0.2) is 24.1 Å². The van der Waals surface area contributed by atoms with Crippen LogP contribution < -0.4 is 0 Å². The molecule has 0 aliphatic carbocycles. The fourth-order valence-electron chi connectivity index (χ4n) is 4.67.